The van der Waals surface area contributed by atoms with Crippen LogP contribution in [0.5, 0.6) is 5.75 Å². The van der Waals surface area contributed by atoms with Gasteiger partial charge in [0.05, 0.1) is 22.2 Å². The minimum absolute atomic E-state index is 0.0317. The van der Waals surface area contributed by atoms with Crippen molar-refractivity contribution in [2.75, 3.05) is 38.3 Å². The van der Waals surface area contributed by atoms with Gasteiger partial charge in [0.25, 0.3) is 5.91 Å². The Bertz CT molecular complexity index is 1380. The Labute approximate surface area is 232 Å². The van der Waals surface area contributed by atoms with Crippen molar-refractivity contribution in [1.82, 2.24) is 4.90 Å². The van der Waals surface area contributed by atoms with Crippen molar-refractivity contribution in [1.29, 1.82) is 0 Å². The van der Waals surface area contributed by atoms with Gasteiger partial charge in [0.1, 0.15) is 16.5 Å². The maximum atomic E-state index is 14.4. The summed E-state index contributed by atoms with van der Waals surface area (Å²) in [4.78, 5) is 16.5. The Morgan fingerprint density at radius 3 is 2.32 bits per heavy atom. The number of hydrogen-bond donors (Lipinski definition) is 0. The average molecular weight is 584 g/mol. The maximum Gasteiger partial charge on any atom is 0.339 e. The fourth-order valence-electron chi connectivity index (χ4n) is 3.80. The Morgan fingerprint density at radius 2 is 1.68 bits per heavy atom. The smallest absolute Gasteiger partial charge is 0.339 e. The predicted molar refractivity (Wildman–Crippen MR) is 147 cm³/mol. The summed E-state index contributed by atoms with van der Waals surface area (Å²) in [5.41, 5.74) is 1.04. The van der Waals surface area contributed by atoms with Crippen molar-refractivity contribution in [3.05, 3.63) is 87.7 Å². The molecule has 0 atom stereocenters. The lowest BCUT2D eigenvalue weighted by atomic mass is 10.1. The predicted octanol–water partition coefficient (Wildman–Crippen LogP) is 6.04. The van der Waals surface area contributed by atoms with E-state index in [1.54, 1.807) is 18.2 Å². The van der Waals surface area contributed by atoms with Crippen LogP contribution in [-0.4, -0.2) is 52.6 Å². The van der Waals surface area contributed by atoms with Gasteiger partial charge in [-0.1, -0.05) is 41.4 Å². The van der Waals surface area contributed by atoms with Crippen LogP contribution >= 0.6 is 23.2 Å². The number of amides is 1. The van der Waals surface area contributed by atoms with E-state index in [-0.39, 0.29) is 46.0 Å². The minimum Gasteiger partial charge on any atom is -0.383 e. The molecule has 0 N–H and O–H groups in total. The van der Waals surface area contributed by atoms with Crippen LogP contribution in [0.25, 0.3) is 0 Å². The number of ether oxygens (including phenoxy) is 1. The van der Waals surface area contributed by atoms with E-state index in [4.69, 9.17) is 32.1 Å². The number of carbonyl (C=O) groups excluding carboxylic acids is 1. The van der Waals surface area contributed by atoms with Gasteiger partial charge in [-0.2, -0.15) is 8.42 Å². The quantitative estimate of drug-likeness (QED) is 0.242. The number of methoxy groups -OCH3 is 1. The van der Waals surface area contributed by atoms with E-state index in [9.17, 15) is 17.6 Å². The van der Waals surface area contributed by atoms with Crippen LogP contribution in [0.2, 0.25) is 10.0 Å². The second-order valence-corrected chi connectivity index (χ2v) is 10.6. The highest BCUT2D eigenvalue weighted by atomic mass is 35.5. The molecular formula is C27H29Cl2FN2O5S. The van der Waals surface area contributed by atoms with Crippen LogP contribution in [0, 0.1) is 5.82 Å². The zero-order chi connectivity index (χ0) is 27.9. The SMILES string of the molecule is CCN(CC)c1ccc(CN(CCOC)C(=O)c2ccccc2F)c(OS(=O)(=O)c2ccc(Cl)c(Cl)c2)c1. The second-order valence-electron chi connectivity index (χ2n) is 8.28. The first-order valence-corrected chi connectivity index (χ1v) is 14.1. The van der Waals surface area contributed by atoms with E-state index in [0.717, 1.165) is 5.69 Å². The summed E-state index contributed by atoms with van der Waals surface area (Å²) in [6.45, 7) is 5.59. The molecule has 0 aliphatic rings. The summed E-state index contributed by atoms with van der Waals surface area (Å²) < 4.78 is 51.6. The van der Waals surface area contributed by atoms with Crippen molar-refractivity contribution in [3.8, 4) is 5.75 Å². The first-order chi connectivity index (χ1) is 18.1. The number of anilines is 1. The topological polar surface area (TPSA) is 76.2 Å². The molecule has 0 heterocycles. The molecule has 204 valence electrons. The molecule has 0 saturated heterocycles. The van der Waals surface area contributed by atoms with Crippen molar-refractivity contribution in [3.63, 3.8) is 0 Å². The second kappa shape index (κ2) is 13.3. The Morgan fingerprint density at radius 1 is 0.974 bits per heavy atom. The molecule has 0 aromatic heterocycles. The lowest BCUT2D eigenvalue weighted by molar-refractivity contribution is 0.0675. The van der Waals surface area contributed by atoms with Gasteiger partial charge in [-0.05, 0) is 50.2 Å². The summed E-state index contributed by atoms with van der Waals surface area (Å²) in [6.07, 6.45) is 0. The third-order valence-corrected chi connectivity index (χ3v) is 7.85. The summed E-state index contributed by atoms with van der Waals surface area (Å²) in [7, 11) is -2.82. The third-order valence-electron chi connectivity index (χ3n) is 5.88. The van der Waals surface area contributed by atoms with E-state index in [2.05, 4.69) is 0 Å². The van der Waals surface area contributed by atoms with Gasteiger partial charge in [0, 0.05) is 50.6 Å². The van der Waals surface area contributed by atoms with E-state index < -0.39 is 21.8 Å². The van der Waals surface area contributed by atoms with Crippen LogP contribution in [0.3, 0.4) is 0 Å². The third kappa shape index (κ3) is 7.17. The molecule has 1 amide bonds. The molecule has 0 aliphatic heterocycles. The fourth-order valence-corrected chi connectivity index (χ4v) is 5.15. The van der Waals surface area contributed by atoms with Gasteiger partial charge >= 0.3 is 10.1 Å². The van der Waals surface area contributed by atoms with Crippen LogP contribution < -0.4 is 9.08 Å². The number of halogens is 3. The minimum atomic E-state index is -4.31. The lowest BCUT2D eigenvalue weighted by Crippen LogP contribution is -2.34. The number of nitrogens with zero attached hydrogens (tertiary/aromatic N) is 2. The van der Waals surface area contributed by atoms with Crippen LogP contribution in [-0.2, 0) is 21.4 Å². The average Bonchev–Trinajstić information content (AvgIpc) is 2.89. The summed E-state index contributed by atoms with van der Waals surface area (Å²) in [6, 6.07) is 14.7. The highest BCUT2D eigenvalue weighted by molar-refractivity contribution is 7.87. The van der Waals surface area contributed by atoms with Crippen LogP contribution in [0.15, 0.2) is 65.6 Å². The molecule has 0 saturated carbocycles. The monoisotopic (exact) mass is 582 g/mol. The van der Waals surface area contributed by atoms with Gasteiger partial charge in [-0.3, -0.25) is 4.79 Å². The molecule has 3 aromatic rings. The van der Waals surface area contributed by atoms with Crippen molar-refractivity contribution < 1.29 is 26.5 Å². The molecular weight excluding hydrogens is 554 g/mol. The molecule has 3 aromatic carbocycles. The molecule has 0 bridgehead atoms. The summed E-state index contributed by atoms with van der Waals surface area (Å²) in [5, 5.41) is 0.268. The van der Waals surface area contributed by atoms with Gasteiger partial charge in [-0.15, -0.1) is 0 Å². The lowest BCUT2D eigenvalue weighted by Gasteiger charge is -2.26. The van der Waals surface area contributed by atoms with E-state index in [0.29, 0.717) is 18.7 Å². The Kier molecular flexibility index (Phi) is 10.4. The van der Waals surface area contributed by atoms with Gasteiger partial charge in [-0.25, -0.2) is 4.39 Å². The Balaban J connectivity index is 2.05. The number of carbonyl (C=O) groups is 1. The molecule has 0 radical (unpaired) electrons. The molecule has 0 fully saturated rings. The highest BCUT2D eigenvalue weighted by Crippen LogP contribution is 2.32. The van der Waals surface area contributed by atoms with Gasteiger partial charge in [0.15, 0.2) is 0 Å². The van der Waals surface area contributed by atoms with Crippen molar-refractivity contribution in [2.45, 2.75) is 25.3 Å². The molecule has 11 heteroatoms. The first-order valence-electron chi connectivity index (χ1n) is 11.9. The molecule has 0 aliphatic carbocycles. The van der Waals surface area contributed by atoms with Crippen LogP contribution in [0.4, 0.5) is 10.1 Å². The molecule has 0 unspecified atom stereocenters. The molecule has 3 rings (SSSR count). The normalized spacial score (nSPS) is 11.3. The summed E-state index contributed by atoms with van der Waals surface area (Å²) >= 11 is 12.0. The number of hydrogen-bond acceptors (Lipinski definition) is 6. The van der Waals surface area contributed by atoms with Crippen molar-refractivity contribution >= 4 is 44.9 Å². The van der Waals surface area contributed by atoms with E-state index >= 15 is 0 Å². The standard InChI is InChI=1S/C27H29Cl2FN2O5S/c1-4-31(5-2)20-11-10-19(18-32(14-15-36-3)27(33)22-8-6-7-9-25(22)30)26(16-20)37-38(34,35)21-12-13-23(28)24(29)17-21/h6-13,16-17H,4-5,14-15,18H2,1-3H3. The van der Waals surface area contributed by atoms with Crippen LogP contribution in [0.1, 0.15) is 29.8 Å². The maximum absolute atomic E-state index is 14.4. The van der Waals surface area contributed by atoms with E-state index in [1.807, 2.05) is 24.8 Å². The van der Waals surface area contributed by atoms with E-state index in [1.165, 1.54) is 48.4 Å². The fraction of sp³-hybridized carbons (Fsp3) is 0.296. The zero-order valence-corrected chi connectivity index (χ0v) is 23.6. The first kappa shape index (κ1) is 29.7. The molecule has 0 spiro atoms. The molecule has 38 heavy (non-hydrogen) atoms. The largest absolute Gasteiger partial charge is 0.383 e. The number of rotatable bonds is 12. The number of benzene rings is 3. The van der Waals surface area contributed by atoms with Crippen molar-refractivity contribution in [2.24, 2.45) is 0 Å². The summed E-state index contributed by atoms with van der Waals surface area (Å²) in [5.74, 6) is -1.19. The zero-order valence-electron chi connectivity index (χ0n) is 21.3. The van der Waals surface area contributed by atoms with Gasteiger partial charge in [0.2, 0.25) is 0 Å². The Hall–Kier alpha value is -2.85. The highest BCUT2D eigenvalue weighted by Gasteiger charge is 2.24. The van der Waals surface area contributed by atoms with Gasteiger partial charge < -0.3 is 18.7 Å². The molecule has 7 nitrogen and oxygen atoms in total.